The van der Waals surface area contributed by atoms with Gasteiger partial charge in [-0.25, -0.2) is 4.99 Å². The summed E-state index contributed by atoms with van der Waals surface area (Å²) in [7, 11) is 0. The molecule has 1 N–H and O–H groups in total. The Morgan fingerprint density at radius 1 is 1.17 bits per heavy atom. The maximum absolute atomic E-state index is 4.82. The fourth-order valence-electron chi connectivity index (χ4n) is 2.68. The van der Waals surface area contributed by atoms with Crippen LogP contribution in [0, 0.1) is 0 Å². The largest absolute Gasteiger partial charge is 0.343 e. The number of nitrogens with zero attached hydrogens (tertiary/aromatic N) is 4. The molecule has 0 radical (unpaired) electrons. The maximum atomic E-state index is 4.82. The summed E-state index contributed by atoms with van der Waals surface area (Å²) in [5, 5.41) is 14.1. The first kappa shape index (κ1) is 16.9. The van der Waals surface area contributed by atoms with Gasteiger partial charge in [0.2, 0.25) is 0 Å². The highest BCUT2D eigenvalue weighted by atomic mass is 32.1. The first-order valence-corrected chi connectivity index (χ1v) is 9.48. The van der Waals surface area contributed by atoms with Crippen molar-refractivity contribution in [2.45, 2.75) is 45.6 Å². The van der Waals surface area contributed by atoms with E-state index in [4.69, 9.17) is 4.99 Å². The Morgan fingerprint density at radius 3 is 2.58 bits per heavy atom. The topological polar surface area (TPSA) is 53.4 Å². The van der Waals surface area contributed by atoms with Crippen LogP contribution in [0.3, 0.4) is 0 Å². The maximum Gasteiger partial charge on any atom is 0.198 e. The molecule has 2 heterocycles. The van der Waals surface area contributed by atoms with E-state index in [0.717, 1.165) is 34.8 Å². The molecule has 2 aromatic rings. The van der Waals surface area contributed by atoms with Gasteiger partial charge in [0.1, 0.15) is 10.0 Å². The Labute approximate surface area is 147 Å². The SMILES string of the molecule is CC(C)c1nnc(CN=C(Nc2ccccc2)N2CCCCC2)s1. The van der Waals surface area contributed by atoms with Crippen molar-refractivity contribution < 1.29 is 0 Å². The van der Waals surface area contributed by atoms with E-state index in [1.165, 1.54) is 19.3 Å². The Morgan fingerprint density at radius 2 is 1.92 bits per heavy atom. The van der Waals surface area contributed by atoms with Crippen molar-refractivity contribution in [2.24, 2.45) is 4.99 Å². The highest BCUT2D eigenvalue weighted by molar-refractivity contribution is 7.11. The fourth-order valence-corrected chi connectivity index (χ4v) is 3.45. The molecule has 1 saturated heterocycles. The molecule has 0 amide bonds. The molecule has 1 aliphatic rings. The predicted molar refractivity (Wildman–Crippen MR) is 101 cm³/mol. The lowest BCUT2D eigenvalue weighted by Crippen LogP contribution is -2.40. The van der Waals surface area contributed by atoms with Crippen LogP contribution in [-0.4, -0.2) is 34.1 Å². The van der Waals surface area contributed by atoms with Gasteiger partial charge in [0.15, 0.2) is 5.96 Å². The Balaban J connectivity index is 1.74. The highest BCUT2D eigenvalue weighted by Crippen LogP contribution is 2.20. The standard InChI is InChI=1S/C18H25N5S/c1-14(2)17-22-21-16(24-17)13-19-18(23-11-7-4-8-12-23)20-15-9-5-3-6-10-15/h3,5-6,9-10,14H,4,7-8,11-13H2,1-2H3,(H,19,20). The number of likely N-dealkylation sites (tertiary alicyclic amines) is 1. The number of piperidine rings is 1. The van der Waals surface area contributed by atoms with Gasteiger partial charge in [-0.05, 0) is 31.4 Å². The minimum atomic E-state index is 0.421. The molecule has 6 heteroatoms. The Bertz CT molecular complexity index is 659. The lowest BCUT2D eigenvalue weighted by Gasteiger charge is -2.30. The smallest absolute Gasteiger partial charge is 0.198 e. The molecule has 1 aromatic carbocycles. The van der Waals surface area contributed by atoms with Gasteiger partial charge in [-0.3, -0.25) is 0 Å². The van der Waals surface area contributed by atoms with Crippen molar-refractivity contribution in [1.82, 2.24) is 15.1 Å². The van der Waals surface area contributed by atoms with Gasteiger partial charge in [-0.2, -0.15) is 0 Å². The zero-order chi connectivity index (χ0) is 16.8. The number of hydrogen-bond acceptors (Lipinski definition) is 4. The third-order valence-corrected chi connectivity index (χ3v) is 5.23. The molecule has 3 rings (SSSR count). The summed E-state index contributed by atoms with van der Waals surface area (Å²) in [5.74, 6) is 1.37. The average Bonchev–Trinajstić information content (AvgIpc) is 3.09. The molecule has 5 nitrogen and oxygen atoms in total. The molecular weight excluding hydrogens is 318 g/mol. The van der Waals surface area contributed by atoms with E-state index in [1.807, 2.05) is 18.2 Å². The van der Waals surface area contributed by atoms with Gasteiger partial charge in [-0.1, -0.05) is 43.4 Å². The van der Waals surface area contributed by atoms with E-state index in [-0.39, 0.29) is 0 Å². The molecule has 1 aliphatic heterocycles. The summed E-state index contributed by atoms with van der Waals surface area (Å²) in [6.07, 6.45) is 3.76. The van der Waals surface area contributed by atoms with Crippen LogP contribution in [-0.2, 0) is 6.54 Å². The molecule has 0 spiro atoms. The zero-order valence-electron chi connectivity index (χ0n) is 14.4. The van der Waals surface area contributed by atoms with Crippen LogP contribution in [0.4, 0.5) is 5.69 Å². The molecule has 0 aliphatic carbocycles. The van der Waals surface area contributed by atoms with Crippen LogP contribution in [0.15, 0.2) is 35.3 Å². The number of aromatic nitrogens is 2. The number of rotatable bonds is 4. The van der Waals surface area contributed by atoms with Crippen LogP contribution in [0.1, 0.15) is 49.0 Å². The molecule has 0 atom stereocenters. The summed E-state index contributed by atoms with van der Waals surface area (Å²) in [4.78, 5) is 7.17. The van der Waals surface area contributed by atoms with Gasteiger partial charge in [0, 0.05) is 24.7 Å². The van der Waals surface area contributed by atoms with E-state index in [2.05, 4.69) is 46.4 Å². The van der Waals surface area contributed by atoms with Crippen LogP contribution >= 0.6 is 11.3 Å². The number of para-hydroxylation sites is 1. The second kappa shape index (κ2) is 8.24. The Kier molecular flexibility index (Phi) is 5.80. The van der Waals surface area contributed by atoms with Crippen molar-refractivity contribution >= 4 is 23.0 Å². The van der Waals surface area contributed by atoms with E-state index in [0.29, 0.717) is 12.5 Å². The van der Waals surface area contributed by atoms with E-state index in [1.54, 1.807) is 11.3 Å². The second-order valence-electron chi connectivity index (χ2n) is 6.37. The van der Waals surface area contributed by atoms with Gasteiger partial charge < -0.3 is 10.2 Å². The summed E-state index contributed by atoms with van der Waals surface area (Å²) in [6, 6.07) is 10.2. The quantitative estimate of drug-likeness (QED) is 0.670. The number of guanidine groups is 1. The number of anilines is 1. The second-order valence-corrected chi connectivity index (χ2v) is 7.46. The molecule has 0 bridgehead atoms. The van der Waals surface area contributed by atoms with Crippen molar-refractivity contribution in [3.05, 3.63) is 40.3 Å². The molecule has 0 saturated carbocycles. The van der Waals surface area contributed by atoms with Gasteiger partial charge in [-0.15, -0.1) is 10.2 Å². The average molecular weight is 344 g/mol. The first-order valence-electron chi connectivity index (χ1n) is 8.66. The monoisotopic (exact) mass is 343 g/mol. The fraction of sp³-hybridized carbons (Fsp3) is 0.500. The molecule has 128 valence electrons. The van der Waals surface area contributed by atoms with Crippen LogP contribution < -0.4 is 5.32 Å². The highest BCUT2D eigenvalue weighted by Gasteiger charge is 2.15. The predicted octanol–water partition coefficient (Wildman–Crippen LogP) is 4.12. The lowest BCUT2D eigenvalue weighted by molar-refractivity contribution is 0.340. The van der Waals surface area contributed by atoms with E-state index >= 15 is 0 Å². The number of aliphatic imine (C=N–C) groups is 1. The lowest BCUT2D eigenvalue weighted by atomic mass is 10.1. The van der Waals surface area contributed by atoms with Crippen molar-refractivity contribution in [1.29, 1.82) is 0 Å². The normalized spacial score (nSPS) is 15.8. The Hall–Kier alpha value is -1.95. The number of nitrogens with one attached hydrogen (secondary N) is 1. The van der Waals surface area contributed by atoms with Gasteiger partial charge in [0.25, 0.3) is 0 Å². The molecule has 1 fully saturated rings. The van der Waals surface area contributed by atoms with Crippen LogP contribution in [0.5, 0.6) is 0 Å². The molecule has 0 unspecified atom stereocenters. The zero-order valence-corrected chi connectivity index (χ0v) is 15.2. The molecular formula is C18H25N5S. The third kappa shape index (κ3) is 4.54. The van der Waals surface area contributed by atoms with Crippen molar-refractivity contribution in [3.63, 3.8) is 0 Å². The summed E-state index contributed by atoms with van der Waals surface area (Å²) in [6.45, 7) is 6.99. The molecule has 1 aromatic heterocycles. The number of benzene rings is 1. The molecule has 24 heavy (non-hydrogen) atoms. The minimum Gasteiger partial charge on any atom is -0.343 e. The van der Waals surface area contributed by atoms with Gasteiger partial charge >= 0.3 is 0 Å². The van der Waals surface area contributed by atoms with Gasteiger partial charge in [0.05, 0.1) is 6.54 Å². The third-order valence-electron chi connectivity index (χ3n) is 4.03. The first-order chi connectivity index (χ1) is 11.7. The summed E-state index contributed by atoms with van der Waals surface area (Å²) in [5.41, 5.74) is 1.07. The summed E-state index contributed by atoms with van der Waals surface area (Å²) >= 11 is 1.66. The van der Waals surface area contributed by atoms with E-state index in [9.17, 15) is 0 Å². The van der Waals surface area contributed by atoms with Crippen LogP contribution in [0.2, 0.25) is 0 Å². The number of hydrogen-bond donors (Lipinski definition) is 1. The minimum absolute atomic E-state index is 0.421. The van der Waals surface area contributed by atoms with Crippen LogP contribution in [0.25, 0.3) is 0 Å². The van der Waals surface area contributed by atoms with E-state index < -0.39 is 0 Å². The summed E-state index contributed by atoms with van der Waals surface area (Å²) < 4.78 is 0. The van der Waals surface area contributed by atoms with Crippen molar-refractivity contribution in [3.8, 4) is 0 Å². The van der Waals surface area contributed by atoms with Crippen molar-refractivity contribution in [2.75, 3.05) is 18.4 Å².